The number of ether oxygens (including phenoxy) is 1. The van der Waals surface area contributed by atoms with Gasteiger partial charge in [0.1, 0.15) is 12.4 Å². The van der Waals surface area contributed by atoms with Gasteiger partial charge in [-0.15, -0.1) is 0 Å². The lowest BCUT2D eigenvalue weighted by molar-refractivity contribution is -0.0979. The first-order valence-corrected chi connectivity index (χ1v) is 11.5. The van der Waals surface area contributed by atoms with Gasteiger partial charge >= 0.3 is 0 Å². The van der Waals surface area contributed by atoms with E-state index in [2.05, 4.69) is 88.9 Å². The summed E-state index contributed by atoms with van der Waals surface area (Å²) in [5.74, 6) is 0. The van der Waals surface area contributed by atoms with Crippen molar-refractivity contribution in [3.8, 4) is 11.1 Å². The Morgan fingerprint density at radius 1 is 1.18 bits per heavy atom. The van der Waals surface area contributed by atoms with Crippen LogP contribution in [-0.2, 0) is 16.6 Å². The topological polar surface area (TPSA) is 73.1 Å². The van der Waals surface area contributed by atoms with Gasteiger partial charge in [-0.25, -0.2) is 4.98 Å². The van der Waals surface area contributed by atoms with Crippen LogP contribution in [0.2, 0.25) is 0 Å². The zero-order valence-electron chi connectivity index (χ0n) is 20.6. The molecule has 34 heavy (non-hydrogen) atoms. The van der Waals surface area contributed by atoms with Crippen LogP contribution in [0.1, 0.15) is 26.8 Å². The predicted molar refractivity (Wildman–Crippen MR) is 141 cm³/mol. The standard InChI is InChI=1S/C22H24N4.C4H9NO.CH2O/c1-14(2)24-19-8-10-23-22-21(19)18(13-26(22)15(3)4)17-7-6-16-9-11-25(5)20(16)12-17;1-3-6-4-2-5-1;1-2/h6-13,15H,1H2,2-5H3,(H,23,24);5H,1-4H2;1H2. The number of fused-ring (bicyclic) bond motifs is 2. The maximum Gasteiger partial charge on any atom is 0.142 e. The lowest BCUT2D eigenvalue weighted by Crippen LogP contribution is -2.30. The second kappa shape index (κ2) is 11.6. The first-order valence-electron chi connectivity index (χ1n) is 11.5. The minimum absolute atomic E-state index is 0.331. The van der Waals surface area contributed by atoms with Crippen molar-refractivity contribution in [2.75, 3.05) is 31.6 Å². The molecule has 0 radical (unpaired) electrons. The summed E-state index contributed by atoms with van der Waals surface area (Å²) in [7, 11) is 2.08. The normalized spacial score (nSPS) is 13.2. The molecule has 4 heterocycles. The predicted octanol–water partition coefficient (Wildman–Crippen LogP) is 5.14. The third kappa shape index (κ3) is 5.55. The van der Waals surface area contributed by atoms with Gasteiger partial charge in [-0.05, 0) is 49.9 Å². The lowest BCUT2D eigenvalue weighted by atomic mass is 10.0. The summed E-state index contributed by atoms with van der Waals surface area (Å²) in [6.07, 6.45) is 6.17. The van der Waals surface area contributed by atoms with Crippen LogP contribution in [0.25, 0.3) is 33.1 Å². The van der Waals surface area contributed by atoms with Crippen molar-refractivity contribution in [3.05, 3.63) is 61.2 Å². The molecule has 0 aliphatic carbocycles. The Balaban J connectivity index is 0.000000348. The van der Waals surface area contributed by atoms with Gasteiger partial charge in [-0.3, -0.25) is 0 Å². The molecule has 0 atom stereocenters. The van der Waals surface area contributed by atoms with Crippen molar-refractivity contribution < 1.29 is 9.53 Å². The summed E-state index contributed by atoms with van der Waals surface area (Å²) in [4.78, 5) is 12.7. The minimum Gasteiger partial charge on any atom is -0.379 e. The monoisotopic (exact) mass is 461 g/mol. The van der Waals surface area contributed by atoms with Crippen LogP contribution in [0.15, 0.2) is 61.2 Å². The third-order valence-electron chi connectivity index (χ3n) is 5.66. The molecule has 1 aromatic carbocycles. The number of hydrogen-bond acceptors (Lipinski definition) is 5. The van der Waals surface area contributed by atoms with E-state index in [1.165, 1.54) is 22.0 Å². The van der Waals surface area contributed by atoms with Gasteiger partial charge in [0, 0.05) is 61.5 Å². The molecule has 0 unspecified atom stereocenters. The molecule has 7 nitrogen and oxygen atoms in total. The molecule has 3 aromatic heterocycles. The summed E-state index contributed by atoms with van der Waals surface area (Å²) in [5.41, 5.74) is 6.57. The Kier molecular flexibility index (Phi) is 8.62. The minimum atomic E-state index is 0.331. The smallest absolute Gasteiger partial charge is 0.142 e. The Morgan fingerprint density at radius 3 is 2.50 bits per heavy atom. The number of anilines is 1. The molecule has 4 aromatic rings. The SMILES string of the molecule is C1COCCN1.C=C(C)Nc1ccnc2c1c(-c1ccc3ccn(C)c3c1)cn2C(C)C.C=O. The van der Waals surface area contributed by atoms with Crippen LogP contribution in [0.4, 0.5) is 5.69 Å². The number of hydrogen-bond donors (Lipinski definition) is 2. The molecule has 1 aliphatic rings. The van der Waals surface area contributed by atoms with Crippen LogP contribution in [0.3, 0.4) is 0 Å². The van der Waals surface area contributed by atoms with E-state index in [0.717, 1.165) is 48.7 Å². The van der Waals surface area contributed by atoms with Crippen molar-refractivity contribution in [2.45, 2.75) is 26.8 Å². The molecular formula is C27H35N5O2. The second-order valence-corrected chi connectivity index (χ2v) is 8.57. The van der Waals surface area contributed by atoms with Crippen molar-refractivity contribution >= 4 is 34.4 Å². The molecule has 0 amide bonds. The fraction of sp³-hybridized carbons (Fsp3) is 0.333. The van der Waals surface area contributed by atoms with Crippen molar-refractivity contribution in [2.24, 2.45) is 7.05 Å². The molecule has 2 N–H and O–H groups in total. The fourth-order valence-electron chi connectivity index (χ4n) is 4.07. The van der Waals surface area contributed by atoms with Crippen LogP contribution in [0.5, 0.6) is 0 Å². The van der Waals surface area contributed by atoms with Gasteiger partial charge < -0.3 is 29.3 Å². The highest BCUT2D eigenvalue weighted by Gasteiger charge is 2.17. The number of carbonyl (C=O) groups is 1. The molecule has 5 rings (SSSR count). The van der Waals surface area contributed by atoms with Crippen LogP contribution < -0.4 is 10.6 Å². The molecule has 1 aliphatic heterocycles. The molecule has 0 saturated carbocycles. The number of rotatable bonds is 4. The second-order valence-electron chi connectivity index (χ2n) is 8.57. The van der Waals surface area contributed by atoms with E-state index in [0.29, 0.717) is 6.04 Å². The Morgan fingerprint density at radius 2 is 1.91 bits per heavy atom. The molecule has 1 saturated heterocycles. The number of nitrogens with one attached hydrogen (secondary N) is 2. The maximum atomic E-state index is 8.00. The number of pyridine rings is 1. The van der Waals surface area contributed by atoms with E-state index in [4.69, 9.17) is 9.53 Å². The zero-order chi connectivity index (χ0) is 24.7. The number of morpholine rings is 1. The fourth-order valence-corrected chi connectivity index (χ4v) is 4.07. The quantitative estimate of drug-likeness (QED) is 0.440. The number of carbonyl (C=O) groups excluding carboxylic acids is 1. The summed E-state index contributed by atoms with van der Waals surface area (Å²) in [6, 6.07) is 11.1. The Labute approximate surface area is 201 Å². The van der Waals surface area contributed by atoms with E-state index in [-0.39, 0.29) is 0 Å². The van der Waals surface area contributed by atoms with Crippen molar-refractivity contribution in [3.63, 3.8) is 0 Å². The summed E-state index contributed by atoms with van der Waals surface area (Å²) in [6.45, 7) is 16.2. The molecule has 0 bridgehead atoms. The highest BCUT2D eigenvalue weighted by Crippen LogP contribution is 2.37. The number of allylic oxidation sites excluding steroid dienone is 1. The number of nitrogens with zero attached hydrogens (tertiary/aromatic N) is 3. The van der Waals surface area contributed by atoms with E-state index >= 15 is 0 Å². The molecule has 180 valence electrons. The van der Waals surface area contributed by atoms with Crippen LogP contribution in [-0.4, -0.2) is 47.2 Å². The molecule has 0 spiro atoms. The average molecular weight is 462 g/mol. The first-order chi connectivity index (χ1) is 16.5. The van der Waals surface area contributed by atoms with Gasteiger partial charge in [0.05, 0.1) is 24.3 Å². The van der Waals surface area contributed by atoms with Gasteiger partial charge in [0.2, 0.25) is 0 Å². The summed E-state index contributed by atoms with van der Waals surface area (Å²) in [5, 5.41) is 8.95. The largest absolute Gasteiger partial charge is 0.379 e. The number of aryl methyl sites for hydroxylation is 1. The van der Waals surface area contributed by atoms with Gasteiger partial charge in [0.25, 0.3) is 0 Å². The highest BCUT2D eigenvalue weighted by atomic mass is 16.5. The van der Waals surface area contributed by atoms with Gasteiger partial charge in [0.15, 0.2) is 0 Å². The zero-order valence-corrected chi connectivity index (χ0v) is 20.6. The lowest BCUT2D eigenvalue weighted by Gasteiger charge is -2.10. The van der Waals surface area contributed by atoms with E-state index in [1.54, 1.807) is 0 Å². The summed E-state index contributed by atoms with van der Waals surface area (Å²) >= 11 is 0. The first kappa shape index (κ1) is 25.2. The summed E-state index contributed by atoms with van der Waals surface area (Å²) < 4.78 is 9.40. The third-order valence-corrected chi connectivity index (χ3v) is 5.66. The maximum absolute atomic E-state index is 8.00. The number of aromatic nitrogens is 3. The Hall–Kier alpha value is -3.42. The van der Waals surface area contributed by atoms with Crippen LogP contribution >= 0.6 is 0 Å². The van der Waals surface area contributed by atoms with E-state index < -0.39 is 0 Å². The van der Waals surface area contributed by atoms with E-state index in [9.17, 15) is 0 Å². The van der Waals surface area contributed by atoms with Gasteiger partial charge in [-0.1, -0.05) is 18.7 Å². The molecular weight excluding hydrogens is 426 g/mol. The average Bonchev–Trinajstić information content (AvgIpc) is 3.43. The van der Waals surface area contributed by atoms with E-state index in [1.807, 2.05) is 26.0 Å². The Bertz CT molecular complexity index is 1240. The van der Waals surface area contributed by atoms with Crippen LogP contribution in [0, 0.1) is 0 Å². The number of benzene rings is 1. The van der Waals surface area contributed by atoms with Gasteiger partial charge in [-0.2, -0.15) is 0 Å². The van der Waals surface area contributed by atoms with Crippen molar-refractivity contribution in [1.82, 2.24) is 19.4 Å². The highest BCUT2D eigenvalue weighted by molar-refractivity contribution is 6.04. The molecule has 1 fully saturated rings. The molecule has 7 heteroatoms. The van der Waals surface area contributed by atoms with Crippen molar-refractivity contribution in [1.29, 1.82) is 0 Å².